The molecule has 0 spiro atoms. The third-order valence-electron chi connectivity index (χ3n) is 5.06. The van der Waals surface area contributed by atoms with Gasteiger partial charge in [-0.15, -0.1) is 0 Å². The molecule has 3 atom stereocenters. The molecule has 1 saturated carbocycles. The molecule has 1 aliphatic heterocycles. The molecule has 0 radical (unpaired) electrons. The Morgan fingerprint density at radius 3 is 2.92 bits per heavy atom. The number of carbonyl (C=O) groups is 1. The van der Waals surface area contributed by atoms with Crippen LogP contribution in [0.5, 0.6) is 0 Å². The van der Waals surface area contributed by atoms with Crippen molar-refractivity contribution in [2.45, 2.75) is 44.4 Å². The summed E-state index contributed by atoms with van der Waals surface area (Å²) in [6.07, 6.45) is 8.53. The van der Waals surface area contributed by atoms with Crippen LogP contribution in [0, 0.1) is 5.92 Å². The molecule has 2 fully saturated rings. The molecule has 2 amide bonds. The van der Waals surface area contributed by atoms with Gasteiger partial charge in [-0.05, 0) is 32.1 Å². The molecule has 134 valence electrons. The summed E-state index contributed by atoms with van der Waals surface area (Å²) in [5, 5.41) is 14.5. The zero-order valence-electron chi connectivity index (χ0n) is 14.6. The van der Waals surface area contributed by atoms with E-state index in [9.17, 15) is 4.79 Å². The minimum Gasteiger partial charge on any atom is -0.371 e. The summed E-state index contributed by atoms with van der Waals surface area (Å²) in [7, 11) is 1.87. The predicted molar refractivity (Wildman–Crippen MR) is 92.1 cm³/mol. The van der Waals surface area contributed by atoms with Crippen molar-refractivity contribution in [3.63, 3.8) is 0 Å². The second-order valence-corrected chi connectivity index (χ2v) is 6.97. The molecule has 1 aliphatic carbocycles. The van der Waals surface area contributed by atoms with E-state index in [1.54, 1.807) is 17.1 Å². The molecule has 2 aromatic heterocycles. The largest absolute Gasteiger partial charge is 0.371 e. The lowest BCUT2D eigenvalue weighted by atomic mass is 10.1. The van der Waals surface area contributed by atoms with E-state index in [1.807, 2.05) is 24.0 Å². The van der Waals surface area contributed by atoms with Gasteiger partial charge in [-0.3, -0.25) is 10.00 Å². The predicted octanol–water partition coefficient (Wildman–Crippen LogP) is 2.24. The zero-order chi connectivity index (χ0) is 17.4. The van der Waals surface area contributed by atoms with Gasteiger partial charge in [-0.2, -0.15) is 10.2 Å². The molecular weight excluding hydrogens is 320 g/mol. The van der Waals surface area contributed by atoms with Gasteiger partial charge < -0.3 is 10.1 Å². The molecule has 25 heavy (non-hydrogen) atoms. The number of aryl methyl sites for hydroxylation is 1. The second-order valence-electron chi connectivity index (χ2n) is 6.97. The van der Waals surface area contributed by atoms with E-state index in [0.717, 1.165) is 17.8 Å². The molecular formula is C17H24N6O2. The molecule has 2 aliphatic rings. The van der Waals surface area contributed by atoms with E-state index >= 15 is 0 Å². The molecule has 2 N–H and O–H groups in total. The topological polar surface area (TPSA) is 86.0 Å². The van der Waals surface area contributed by atoms with Crippen LogP contribution in [-0.2, 0) is 11.8 Å². The van der Waals surface area contributed by atoms with Gasteiger partial charge in [0.1, 0.15) is 11.9 Å². The summed E-state index contributed by atoms with van der Waals surface area (Å²) in [6.45, 7) is 2.78. The number of nitrogens with one attached hydrogen (secondary N) is 2. The third-order valence-corrected chi connectivity index (χ3v) is 5.06. The monoisotopic (exact) mass is 344 g/mol. The van der Waals surface area contributed by atoms with Gasteiger partial charge in [0.25, 0.3) is 0 Å². The first-order valence-electron chi connectivity index (χ1n) is 8.83. The zero-order valence-corrected chi connectivity index (χ0v) is 14.6. The summed E-state index contributed by atoms with van der Waals surface area (Å²) in [5.41, 5.74) is 0.984. The number of urea groups is 1. The first kappa shape index (κ1) is 16.1. The Bertz CT molecular complexity index is 750. The fraction of sp³-hybridized carbons (Fsp3) is 0.588. The molecule has 0 unspecified atom stereocenters. The maximum atomic E-state index is 12.5. The van der Waals surface area contributed by atoms with Gasteiger partial charge in [0.15, 0.2) is 0 Å². The fourth-order valence-electron chi connectivity index (χ4n) is 3.49. The third kappa shape index (κ3) is 3.39. The van der Waals surface area contributed by atoms with Gasteiger partial charge in [-0.1, -0.05) is 0 Å². The van der Waals surface area contributed by atoms with E-state index in [-0.39, 0.29) is 18.2 Å². The highest BCUT2D eigenvalue weighted by Crippen LogP contribution is 2.40. The van der Waals surface area contributed by atoms with Gasteiger partial charge in [0.2, 0.25) is 0 Å². The molecule has 1 saturated heterocycles. The molecule has 8 nitrogen and oxygen atoms in total. The van der Waals surface area contributed by atoms with Crippen LogP contribution < -0.4 is 10.6 Å². The number of aromatic nitrogens is 4. The van der Waals surface area contributed by atoms with Crippen molar-refractivity contribution < 1.29 is 9.53 Å². The summed E-state index contributed by atoms with van der Waals surface area (Å²) in [5.74, 6) is 1.40. The summed E-state index contributed by atoms with van der Waals surface area (Å²) in [6, 6.07) is 1.85. The Hall–Kier alpha value is -2.35. The summed E-state index contributed by atoms with van der Waals surface area (Å²) in [4.78, 5) is 12.5. The van der Waals surface area contributed by atoms with Gasteiger partial charge in [0.05, 0.1) is 24.5 Å². The number of hydrogen-bond donors (Lipinski definition) is 2. The van der Waals surface area contributed by atoms with E-state index in [1.165, 1.54) is 12.8 Å². The van der Waals surface area contributed by atoms with E-state index in [2.05, 4.69) is 27.8 Å². The van der Waals surface area contributed by atoms with Crippen LogP contribution in [-0.4, -0.2) is 38.2 Å². The average Bonchev–Trinajstić information content (AvgIpc) is 2.94. The quantitative estimate of drug-likeness (QED) is 0.871. The van der Waals surface area contributed by atoms with E-state index < -0.39 is 0 Å². The van der Waals surface area contributed by atoms with Gasteiger partial charge >= 0.3 is 6.03 Å². The number of hydrogen-bond acceptors (Lipinski definition) is 4. The number of nitrogens with zero attached hydrogens (tertiary/aromatic N) is 4. The normalized spacial score (nSPS) is 24.2. The van der Waals surface area contributed by atoms with Crippen molar-refractivity contribution in [2.75, 3.05) is 11.9 Å². The summed E-state index contributed by atoms with van der Waals surface area (Å²) < 4.78 is 9.44. The highest BCUT2D eigenvalue weighted by Gasteiger charge is 2.33. The fourth-order valence-corrected chi connectivity index (χ4v) is 3.49. The molecule has 2 aromatic rings. The van der Waals surface area contributed by atoms with Gasteiger partial charge in [0, 0.05) is 31.5 Å². The Morgan fingerprint density at radius 2 is 2.20 bits per heavy atom. The lowest BCUT2D eigenvalue weighted by Gasteiger charge is -2.20. The molecule has 0 bridgehead atoms. The Labute approximate surface area is 146 Å². The molecule has 8 heteroatoms. The van der Waals surface area contributed by atoms with Crippen LogP contribution in [0.2, 0.25) is 0 Å². The Balaban J connectivity index is 1.40. The van der Waals surface area contributed by atoms with E-state index in [4.69, 9.17) is 4.74 Å². The van der Waals surface area contributed by atoms with Gasteiger partial charge in [-0.25, -0.2) is 9.48 Å². The lowest BCUT2D eigenvalue weighted by Crippen LogP contribution is -2.40. The minimum absolute atomic E-state index is 0.0681. The van der Waals surface area contributed by atoms with Crippen molar-refractivity contribution in [2.24, 2.45) is 13.0 Å². The van der Waals surface area contributed by atoms with E-state index in [0.29, 0.717) is 18.6 Å². The van der Waals surface area contributed by atoms with Crippen LogP contribution in [0.3, 0.4) is 0 Å². The number of ether oxygens (including phenoxy) is 1. The highest BCUT2D eigenvalue weighted by molar-refractivity contribution is 5.88. The van der Waals surface area contributed by atoms with Crippen molar-refractivity contribution in [3.8, 4) is 0 Å². The maximum absolute atomic E-state index is 12.5. The Kier molecular flexibility index (Phi) is 4.20. The van der Waals surface area contributed by atoms with Crippen LogP contribution in [0.1, 0.15) is 43.9 Å². The molecule has 0 aromatic carbocycles. The molecule has 3 heterocycles. The smallest absolute Gasteiger partial charge is 0.320 e. The van der Waals surface area contributed by atoms with Crippen molar-refractivity contribution in [1.82, 2.24) is 24.9 Å². The summed E-state index contributed by atoms with van der Waals surface area (Å²) >= 11 is 0. The second kappa shape index (κ2) is 6.51. The SMILES string of the molecule is C[C@@H](C1CC1)n1nccc1NC(=O)N[C@H]1CCO[C@@H]1c1cnn(C)c1. The Morgan fingerprint density at radius 1 is 1.36 bits per heavy atom. The number of rotatable bonds is 5. The number of anilines is 1. The van der Waals surface area contributed by atoms with Crippen molar-refractivity contribution in [3.05, 3.63) is 30.2 Å². The lowest BCUT2D eigenvalue weighted by molar-refractivity contribution is 0.100. The van der Waals surface area contributed by atoms with Crippen molar-refractivity contribution >= 4 is 11.8 Å². The first-order valence-corrected chi connectivity index (χ1v) is 8.83. The maximum Gasteiger partial charge on any atom is 0.320 e. The average molecular weight is 344 g/mol. The molecule has 4 rings (SSSR count). The van der Waals surface area contributed by atoms with Crippen LogP contribution in [0.4, 0.5) is 10.6 Å². The first-order chi connectivity index (χ1) is 12.1. The van der Waals surface area contributed by atoms with Crippen LogP contribution in [0.15, 0.2) is 24.7 Å². The number of carbonyl (C=O) groups excluding carboxylic acids is 1. The van der Waals surface area contributed by atoms with Crippen molar-refractivity contribution in [1.29, 1.82) is 0 Å². The van der Waals surface area contributed by atoms with Crippen LogP contribution >= 0.6 is 0 Å². The number of amides is 2. The highest BCUT2D eigenvalue weighted by atomic mass is 16.5. The van der Waals surface area contributed by atoms with Crippen LogP contribution in [0.25, 0.3) is 0 Å². The minimum atomic E-state index is -0.228. The standard InChI is InChI=1S/C17H24N6O2/c1-11(12-3-4-12)23-15(5-7-18-23)21-17(24)20-14-6-8-25-16(14)13-9-19-22(2)10-13/h5,7,9-12,14,16H,3-4,6,8H2,1-2H3,(H2,20,21,24)/t11-,14-,16+/m0/s1.